The number of likely N-dealkylation sites (N-methyl/N-ethyl adjacent to an activating group) is 2. The van der Waals surface area contributed by atoms with E-state index in [1.165, 1.54) is 4.90 Å². The summed E-state index contributed by atoms with van der Waals surface area (Å²) in [5.41, 5.74) is 0.423. The fraction of sp³-hybridized carbons (Fsp3) is 0.636. The fourth-order valence-corrected chi connectivity index (χ4v) is 5.04. The van der Waals surface area contributed by atoms with Crippen molar-refractivity contribution in [1.82, 2.24) is 15.1 Å². The number of amides is 3. The third-order valence-electron chi connectivity index (χ3n) is 6.70. The Bertz CT molecular complexity index is 785. The van der Waals surface area contributed by atoms with Gasteiger partial charge in [-0.1, -0.05) is 31.9 Å². The van der Waals surface area contributed by atoms with Crippen molar-refractivity contribution in [2.75, 3.05) is 38.3 Å². The predicted molar refractivity (Wildman–Crippen MR) is 112 cm³/mol. The molecule has 3 aliphatic rings. The number of hydrogen-bond donors (Lipinski definition) is 1. The molecule has 7 nitrogen and oxygen atoms in total. The monoisotopic (exact) mass is 400 g/mol. The normalized spacial score (nSPS) is 29.2. The molecule has 1 spiro atoms. The minimum absolute atomic E-state index is 0.0156. The first-order valence-corrected chi connectivity index (χ1v) is 10.8. The molecular formula is C22H32N4O3. The van der Waals surface area contributed by atoms with Crippen LogP contribution in [0.3, 0.4) is 0 Å². The van der Waals surface area contributed by atoms with E-state index in [-0.39, 0.29) is 30.6 Å². The number of para-hydroxylation sites is 2. The minimum Gasteiger partial charge on any atom is -0.485 e. The molecule has 1 aromatic rings. The molecule has 0 unspecified atom stereocenters. The average molecular weight is 401 g/mol. The Morgan fingerprint density at radius 3 is 2.83 bits per heavy atom. The van der Waals surface area contributed by atoms with E-state index in [9.17, 15) is 9.59 Å². The molecule has 1 aromatic carbocycles. The van der Waals surface area contributed by atoms with Gasteiger partial charge in [-0.05, 0) is 44.9 Å². The molecule has 0 aromatic heterocycles. The SMILES string of the molecule is CCN1C[C@H](CN(C)CN2C(=O)N[C@@]3(CCCC[C@@H]3C)C2=O)Oc2ccccc21. The van der Waals surface area contributed by atoms with Crippen molar-refractivity contribution in [1.29, 1.82) is 0 Å². The van der Waals surface area contributed by atoms with Gasteiger partial charge in [-0.15, -0.1) is 0 Å². The van der Waals surface area contributed by atoms with Gasteiger partial charge in [-0.2, -0.15) is 0 Å². The van der Waals surface area contributed by atoms with Crippen LogP contribution in [0.25, 0.3) is 0 Å². The van der Waals surface area contributed by atoms with Gasteiger partial charge in [0.2, 0.25) is 0 Å². The molecule has 1 saturated carbocycles. The van der Waals surface area contributed by atoms with E-state index in [0.29, 0.717) is 6.54 Å². The number of carbonyl (C=O) groups excluding carboxylic acids is 2. The molecule has 1 saturated heterocycles. The average Bonchev–Trinajstić information content (AvgIpc) is 2.94. The van der Waals surface area contributed by atoms with Gasteiger partial charge in [0.15, 0.2) is 0 Å². The molecule has 3 amide bonds. The Hall–Kier alpha value is -2.28. The summed E-state index contributed by atoms with van der Waals surface area (Å²) in [5.74, 6) is 1.01. The van der Waals surface area contributed by atoms with Crippen molar-refractivity contribution >= 4 is 17.6 Å². The highest BCUT2D eigenvalue weighted by Crippen LogP contribution is 2.38. The molecule has 1 N–H and O–H groups in total. The van der Waals surface area contributed by atoms with Gasteiger partial charge in [0.1, 0.15) is 17.4 Å². The van der Waals surface area contributed by atoms with Gasteiger partial charge in [0.05, 0.1) is 18.9 Å². The number of ether oxygens (including phenoxy) is 1. The van der Waals surface area contributed by atoms with Gasteiger partial charge in [0, 0.05) is 13.1 Å². The van der Waals surface area contributed by atoms with Gasteiger partial charge in [-0.25, -0.2) is 9.69 Å². The van der Waals surface area contributed by atoms with Crippen molar-refractivity contribution in [2.45, 2.75) is 51.2 Å². The number of carbonyl (C=O) groups is 2. The molecule has 1 aliphatic carbocycles. The molecule has 3 atom stereocenters. The maximum absolute atomic E-state index is 13.2. The highest BCUT2D eigenvalue weighted by molar-refractivity contribution is 6.07. The highest BCUT2D eigenvalue weighted by atomic mass is 16.5. The first kappa shape index (κ1) is 20.0. The first-order valence-electron chi connectivity index (χ1n) is 10.8. The second kappa shape index (κ2) is 7.86. The lowest BCUT2D eigenvalue weighted by atomic mass is 9.73. The number of rotatable bonds is 5. The van der Waals surface area contributed by atoms with Crippen LogP contribution in [0.4, 0.5) is 10.5 Å². The Balaban J connectivity index is 1.41. The number of urea groups is 1. The molecule has 2 aliphatic heterocycles. The molecular weight excluding hydrogens is 368 g/mol. The molecule has 0 bridgehead atoms. The summed E-state index contributed by atoms with van der Waals surface area (Å²) in [4.78, 5) is 31.5. The zero-order valence-corrected chi connectivity index (χ0v) is 17.7. The Labute approximate surface area is 173 Å². The minimum atomic E-state index is -0.699. The second-order valence-electron chi connectivity index (χ2n) is 8.71. The van der Waals surface area contributed by atoms with E-state index >= 15 is 0 Å². The largest absolute Gasteiger partial charge is 0.485 e. The summed E-state index contributed by atoms with van der Waals surface area (Å²) in [6, 6.07) is 7.82. The summed E-state index contributed by atoms with van der Waals surface area (Å²) in [7, 11) is 1.94. The number of hydrogen-bond acceptors (Lipinski definition) is 5. The zero-order valence-electron chi connectivity index (χ0n) is 17.7. The van der Waals surface area contributed by atoms with E-state index in [4.69, 9.17) is 4.74 Å². The van der Waals surface area contributed by atoms with E-state index in [1.807, 2.05) is 30.1 Å². The highest BCUT2D eigenvalue weighted by Gasteiger charge is 2.54. The van der Waals surface area contributed by atoms with Crippen LogP contribution < -0.4 is 15.0 Å². The lowest BCUT2D eigenvalue weighted by molar-refractivity contribution is -0.135. The Kier molecular flexibility index (Phi) is 5.42. The molecule has 7 heteroatoms. The number of nitrogens with zero attached hydrogens (tertiary/aromatic N) is 3. The van der Waals surface area contributed by atoms with E-state index in [2.05, 4.69) is 30.1 Å². The van der Waals surface area contributed by atoms with Crippen LogP contribution in [-0.4, -0.2) is 66.7 Å². The maximum Gasteiger partial charge on any atom is 0.326 e. The van der Waals surface area contributed by atoms with Crippen LogP contribution in [0, 0.1) is 5.92 Å². The third-order valence-corrected chi connectivity index (χ3v) is 6.70. The quantitative estimate of drug-likeness (QED) is 0.770. The summed E-state index contributed by atoms with van der Waals surface area (Å²) in [6.07, 6.45) is 3.83. The van der Waals surface area contributed by atoms with Crippen molar-refractivity contribution in [3.8, 4) is 5.75 Å². The number of benzene rings is 1. The lowest BCUT2D eigenvalue weighted by Crippen LogP contribution is -2.54. The molecule has 29 heavy (non-hydrogen) atoms. The van der Waals surface area contributed by atoms with Crippen LogP contribution in [-0.2, 0) is 4.79 Å². The van der Waals surface area contributed by atoms with Crippen LogP contribution in [0.2, 0.25) is 0 Å². The van der Waals surface area contributed by atoms with Gasteiger partial charge in [0.25, 0.3) is 5.91 Å². The van der Waals surface area contributed by atoms with E-state index < -0.39 is 5.54 Å². The van der Waals surface area contributed by atoms with Crippen LogP contribution in [0.15, 0.2) is 24.3 Å². The summed E-state index contributed by atoms with van der Waals surface area (Å²) < 4.78 is 6.19. The molecule has 2 heterocycles. The van der Waals surface area contributed by atoms with E-state index in [1.54, 1.807) is 0 Å². The topological polar surface area (TPSA) is 65.1 Å². The smallest absolute Gasteiger partial charge is 0.326 e. The molecule has 2 fully saturated rings. The number of imide groups is 1. The van der Waals surface area contributed by atoms with Gasteiger partial charge in [-0.3, -0.25) is 9.69 Å². The van der Waals surface area contributed by atoms with Crippen LogP contribution in [0.1, 0.15) is 39.5 Å². The van der Waals surface area contributed by atoms with Gasteiger partial charge < -0.3 is 15.0 Å². The summed E-state index contributed by atoms with van der Waals surface area (Å²) in [6.45, 7) is 6.85. The predicted octanol–water partition coefficient (Wildman–Crippen LogP) is 2.66. The molecule has 4 rings (SSSR count). The number of anilines is 1. The Morgan fingerprint density at radius 1 is 1.28 bits per heavy atom. The first-order chi connectivity index (χ1) is 13.9. The lowest BCUT2D eigenvalue weighted by Gasteiger charge is -2.38. The Morgan fingerprint density at radius 2 is 2.07 bits per heavy atom. The number of fused-ring (bicyclic) bond motifs is 1. The van der Waals surface area contributed by atoms with Crippen LogP contribution in [0.5, 0.6) is 5.75 Å². The third kappa shape index (κ3) is 3.56. The van der Waals surface area contributed by atoms with Crippen LogP contribution >= 0.6 is 0 Å². The fourth-order valence-electron chi connectivity index (χ4n) is 5.04. The van der Waals surface area contributed by atoms with Gasteiger partial charge >= 0.3 is 6.03 Å². The second-order valence-corrected chi connectivity index (χ2v) is 8.71. The standard InChI is InChI=1S/C22H32N4O3/c1-4-25-14-17(29-19-11-6-5-10-18(19)25)13-24(3)15-26-20(27)22(23-21(26)28)12-8-7-9-16(22)2/h5-6,10-11,16-17H,4,7-9,12-15H2,1-3H3,(H,23,28)/t16-,17-,22+/m0/s1. The number of nitrogens with one attached hydrogen (secondary N) is 1. The van der Waals surface area contributed by atoms with Crippen molar-refractivity contribution in [3.63, 3.8) is 0 Å². The molecule has 0 radical (unpaired) electrons. The van der Waals surface area contributed by atoms with Crippen molar-refractivity contribution in [2.24, 2.45) is 5.92 Å². The van der Waals surface area contributed by atoms with Crippen molar-refractivity contribution < 1.29 is 14.3 Å². The summed E-state index contributed by atoms with van der Waals surface area (Å²) >= 11 is 0. The maximum atomic E-state index is 13.2. The van der Waals surface area contributed by atoms with E-state index in [0.717, 1.165) is 50.2 Å². The zero-order chi connectivity index (χ0) is 20.6. The van der Waals surface area contributed by atoms with Crippen molar-refractivity contribution in [3.05, 3.63) is 24.3 Å². The molecule has 158 valence electrons. The summed E-state index contributed by atoms with van der Waals surface area (Å²) in [5, 5.41) is 3.03.